The molecule has 0 spiro atoms. The topological polar surface area (TPSA) is 256 Å². The van der Waals surface area contributed by atoms with E-state index in [9.17, 15) is 35.7 Å². The molecule has 10 N–H and O–H groups in total. The summed E-state index contributed by atoms with van der Waals surface area (Å²) in [6.07, 6.45) is -9.76. The SMILES string of the molecule is CN(/N=C/[C@@H](O)[C@H](O)[C@H](O)[C@@H](O)CO)c1nc(N)c2ncn([C@@H]3O[C@H](CO)[C@@H](O)[C@H]3O)c2n1. The maximum absolute atomic E-state index is 10.3. The predicted octanol–water partition coefficient (Wildman–Crippen LogP) is -5.12. The monoisotopic (exact) mass is 473 g/mol. The Morgan fingerprint density at radius 3 is 2.48 bits per heavy atom. The van der Waals surface area contributed by atoms with Gasteiger partial charge >= 0.3 is 0 Å². The van der Waals surface area contributed by atoms with Gasteiger partial charge in [0.2, 0.25) is 5.95 Å². The standard InChI is InChI=1S/C17H27N7O9/c1-23(20-2-6(27)10(29)11(30)7(28)3-25)17-21-14(18)9-15(22-17)24(5-19-9)16-13(32)12(31)8(4-26)33-16/h2,5-8,10-13,16,25-32H,3-4H2,1H3,(H2,18,21,22)/b20-2+/t6-,7+,8-,10+,11-,12-,13-,16-/m1/s1. The van der Waals surface area contributed by atoms with Crippen molar-refractivity contribution in [2.24, 2.45) is 5.10 Å². The maximum atomic E-state index is 10.3. The molecule has 8 atom stereocenters. The van der Waals surface area contributed by atoms with Gasteiger partial charge < -0.3 is 51.3 Å². The molecule has 0 aromatic carbocycles. The Kier molecular flexibility index (Phi) is 7.73. The first-order chi connectivity index (χ1) is 15.6. The average molecular weight is 473 g/mol. The number of ether oxygens (including phenoxy) is 1. The molecule has 1 saturated heterocycles. The normalized spacial score (nSPS) is 27.2. The molecule has 16 nitrogen and oxygen atoms in total. The minimum Gasteiger partial charge on any atom is -0.394 e. The van der Waals surface area contributed by atoms with Crippen LogP contribution in [0.2, 0.25) is 0 Å². The summed E-state index contributed by atoms with van der Waals surface area (Å²) in [5.41, 5.74) is 6.24. The van der Waals surface area contributed by atoms with E-state index in [0.29, 0.717) is 0 Å². The highest BCUT2D eigenvalue weighted by Gasteiger charge is 2.44. The van der Waals surface area contributed by atoms with Crippen molar-refractivity contribution in [2.75, 3.05) is 31.0 Å². The van der Waals surface area contributed by atoms with E-state index in [2.05, 4.69) is 20.1 Å². The van der Waals surface area contributed by atoms with Gasteiger partial charge in [0.05, 0.1) is 25.8 Å². The van der Waals surface area contributed by atoms with Gasteiger partial charge in [-0.3, -0.25) is 4.57 Å². The molecule has 2 aromatic rings. The van der Waals surface area contributed by atoms with Crippen LogP contribution < -0.4 is 10.7 Å². The Morgan fingerprint density at radius 1 is 1.18 bits per heavy atom. The molecule has 3 heterocycles. The van der Waals surface area contributed by atoms with Crippen molar-refractivity contribution < 1.29 is 45.6 Å². The number of nitrogens with two attached hydrogens (primary N) is 1. The largest absolute Gasteiger partial charge is 0.394 e. The van der Waals surface area contributed by atoms with Gasteiger partial charge in [-0.05, 0) is 0 Å². The highest BCUT2D eigenvalue weighted by Crippen LogP contribution is 2.32. The summed E-state index contributed by atoms with van der Waals surface area (Å²) in [6.45, 7) is -1.34. The first-order valence-electron chi connectivity index (χ1n) is 9.84. The van der Waals surface area contributed by atoms with Gasteiger partial charge in [-0.1, -0.05) is 0 Å². The number of aliphatic hydroxyl groups is 8. The van der Waals surface area contributed by atoms with Crippen molar-refractivity contribution in [2.45, 2.75) is 49.0 Å². The first kappa shape index (κ1) is 25.1. The van der Waals surface area contributed by atoms with Gasteiger partial charge in [0, 0.05) is 7.05 Å². The second kappa shape index (κ2) is 10.2. The fraction of sp³-hybridized carbons (Fsp3) is 0.647. The Labute approximate surface area is 186 Å². The van der Waals surface area contributed by atoms with Gasteiger partial charge in [-0.15, -0.1) is 0 Å². The number of anilines is 2. The van der Waals surface area contributed by atoms with Gasteiger partial charge in [0.15, 0.2) is 17.7 Å². The van der Waals surface area contributed by atoms with Crippen molar-refractivity contribution >= 4 is 29.1 Å². The van der Waals surface area contributed by atoms with Crippen LogP contribution in [0.3, 0.4) is 0 Å². The van der Waals surface area contributed by atoms with Crippen LogP contribution in [0.4, 0.5) is 11.8 Å². The molecule has 0 unspecified atom stereocenters. The van der Waals surface area contributed by atoms with E-state index in [4.69, 9.17) is 15.6 Å². The minimum atomic E-state index is -1.84. The Bertz CT molecular complexity index is 976. The lowest BCUT2D eigenvalue weighted by molar-refractivity contribution is -0.0999. The fourth-order valence-corrected chi connectivity index (χ4v) is 3.21. The molecular formula is C17H27N7O9. The van der Waals surface area contributed by atoms with Crippen LogP contribution in [-0.2, 0) is 4.74 Å². The Hall–Kier alpha value is -2.54. The molecule has 16 heteroatoms. The third kappa shape index (κ3) is 4.88. The van der Waals surface area contributed by atoms with Crippen molar-refractivity contribution in [3.05, 3.63) is 6.33 Å². The Balaban J connectivity index is 1.84. The number of aliphatic hydroxyl groups excluding tert-OH is 8. The Morgan fingerprint density at radius 2 is 1.88 bits per heavy atom. The zero-order valence-electron chi connectivity index (χ0n) is 17.4. The molecule has 3 rings (SSSR count). The van der Waals surface area contributed by atoms with E-state index >= 15 is 0 Å². The molecular weight excluding hydrogens is 446 g/mol. The van der Waals surface area contributed by atoms with Gasteiger partial charge in [0.25, 0.3) is 0 Å². The average Bonchev–Trinajstić information content (AvgIpc) is 3.36. The third-order valence-electron chi connectivity index (χ3n) is 5.19. The van der Waals surface area contributed by atoms with Crippen LogP contribution in [0.1, 0.15) is 6.23 Å². The smallest absolute Gasteiger partial charge is 0.250 e. The van der Waals surface area contributed by atoms with Crippen molar-refractivity contribution in [1.82, 2.24) is 19.5 Å². The van der Waals surface area contributed by atoms with E-state index in [-0.39, 0.29) is 22.9 Å². The van der Waals surface area contributed by atoms with Crippen LogP contribution in [0, 0.1) is 0 Å². The van der Waals surface area contributed by atoms with Gasteiger partial charge in [0.1, 0.15) is 48.2 Å². The number of aromatic nitrogens is 4. The lowest BCUT2D eigenvalue weighted by Crippen LogP contribution is -2.46. The van der Waals surface area contributed by atoms with Crippen molar-refractivity contribution in [3.8, 4) is 0 Å². The van der Waals surface area contributed by atoms with Crippen molar-refractivity contribution in [3.63, 3.8) is 0 Å². The summed E-state index contributed by atoms with van der Waals surface area (Å²) in [6, 6.07) is 0. The number of hydrazone groups is 1. The fourth-order valence-electron chi connectivity index (χ4n) is 3.21. The number of imidazole rings is 1. The zero-order chi connectivity index (χ0) is 24.4. The van der Waals surface area contributed by atoms with E-state index in [1.54, 1.807) is 0 Å². The minimum absolute atomic E-state index is 0.0513. The van der Waals surface area contributed by atoms with Gasteiger partial charge in [-0.25, -0.2) is 9.99 Å². The highest BCUT2D eigenvalue weighted by atomic mass is 16.6. The number of hydrogen-bond donors (Lipinski definition) is 9. The second-order valence-electron chi connectivity index (χ2n) is 7.47. The summed E-state index contributed by atoms with van der Waals surface area (Å²) in [5, 5.41) is 82.2. The van der Waals surface area contributed by atoms with Crippen LogP contribution >= 0.6 is 0 Å². The van der Waals surface area contributed by atoms with E-state index in [1.807, 2.05) is 0 Å². The van der Waals surface area contributed by atoms with Crippen LogP contribution in [0.25, 0.3) is 11.2 Å². The number of nitrogen functional groups attached to an aromatic ring is 1. The van der Waals surface area contributed by atoms with Gasteiger partial charge in [-0.2, -0.15) is 15.1 Å². The molecule has 1 fully saturated rings. The van der Waals surface area contributed by atoms with Crippen LogP contribution in [-0.4, -0.2) is 130 Å². The molecule has 0 amide bonds. The number of rotatable bonds is 9. The molecule has 0 bridgehead atoms. The zero-order valence-corrected chi connectivity index (χ0v) is 17.4. The molecule has 33 heavy (non-hydrogen) atoms. The van der Waals surface area contributed by atoms with Crippen LogP contribution in [0.5, 0.6) is 0 Å². The highest BCUT2D eigenvalue weighted by molar-refractivity contribution is 5.83. The lowest BCUT2D eigenvalue weighted by Gasteiger charge is -2.23. The molecule has 1 aliphatic rings. The number of fused-ring (bicyclic) bond motifs is 1. The third-order valence-corrected chi connectivity index (χ3v) is 5.19. The lowest BCUT2D eigenvalue weighted by atomic mass is 10.0. The predicted molar refractivity (Wildman–Crippen MR) is 111 cm³/mol. The summed E-state index contributed by atoms with van der Waals surface area (Å²) < 4.78 is 6.80. The molecule has 2 aromatic heterocycles. The van der Waals surface area contributed by atoms with E-state index in [1.165, 1.54) is 17.9 Å². The molecule has 1 aliphatic heterocycles. The maximum Gasteiger partial charge on any atom is 0.250 e. The number of nitrogens with zero attached hydrogens (tertiary/aromatic N) is 6. The summed E-state index contributed by atoms with van der Waals surface area (Å²) in [4.78, 5) is 12.4. The second-order valence-corrected chi connectivity index (χ2v) is 7.47. The summed E-state index contributed by atoms with van der Waals surface area (Å²) >= 11 is 0. The molecule has 0 radical (unpaired) electrons. The number of hydrogen-bond acceptors (Lipinski definition) is 15. The summed E-state index contributed by atoms with van der Waals surface area (Å²) in [5.74, 6) is -0.132. The molecule has 0 saturated carbocycles. The van der Waals surface area contributed by atoms with E-state index in [0.717, 1.165) is 11.2 Å². The quantitative estimate of drug-likeness (QED) is 0.122. The molecule has 0 aliphatic carbocycles. The summed E-state index contributed by atoms with van der Waals surface area (Å²) in [7, 11) is 1.39. The first-order valence-corrected chi connectivity index (χ1v) is 9.84. The van der Waals surface area contributed by atoms with E-state index < -0.39 is 62.2 Å². The molecule has 184 valence electrons. The van der Waals surface area contributed by atoms with Crippen molar-refractivity contribution in [1.29, 1.82) is 0 Å². The van der Waals surface area contributed by atoms with Crippen LogP contribution in [0.15, 0.2) is 11.4 Å².